The minimum atomic E-state index is 0.306. The van der Waals surface area contributed by atoms with E-state index in [9.17, 15) is 0 Å². The largest absolute Gasteiger partial charge is 0.103 e. The molecule has 0 aromatic heterocycles. The summed E-state index contributed by atoms with van der Waals surface area (Å²) in [6.07, 6.45) is 1.94. The molecule has 0 heterocycles. The zero-order valence-electron chi connectivity index (χ0n) is 8.78. The first kappa shape index (κ1) is 16.4. The molecule has 0 N–H and O–H groups in total. The van der Waals surface area contributed by atoms with Crippen molar-refractivity contribution in [1.82, 2.24) is 0 Å². The third kappa shape index (κ3) is 46.8. The first-order chi connectivity index (χ1) is 4.56. The van der Waals surface area contributed by atoms with Crippen LogP contribution in [0.25, 0.3) is 0 Å². The van der Waals surface area contributed by atoms with Crippen molar-refractivity contribution in [2.75, 3.05) is 0 Å². The van der Waals surface area contributed by atoms with E-state index in [1.165, 1.54) is 0 Å². The molecular weight excluding hydrogens is 120 g/mol. The predicted octanol–water partition coefficient (Wildman–Crippen LogP) is 4.27. The third-order valence-electron chi connectivity index (χ3n) is 0.612. The molecule has 0 radical (unpaired) electrons. The fraction of sp³-hybridized carbons (Fsp3) is 0.800. The van der Waals surface area contributed by atoms with Crippen LogP contribution in [0, 0.1) is 5.41 Å². The Morgan fingerprint density at radius 1 is 0.900 bits per heavy atom. The van der Waals surface area contributed by atoms with Gasteiger partial charge in [-0.05, 0) is 5.41 Å². The molecule has 0 unspecified atom stereocenters. The molecule has 0 heteroatoms. The molecule has 0 aromatic carbocycles. The highest BCUT2D eigenvalue weighted by atomic mass is 14.0. The van der Waals surface area contributed by atoms with Gasteiger partial charge in [0.25, 0.3) is 0 Å². The second kappa shape index (κ2) is 11.5. The van der Waals surface area contributed by atoms with Crippen molar-refractivity contribution in [3.8, 4) is 0 Å². The number of hydrogen-bond donors (Lipinski definition) is 0. The van der Waals surface area contributed by atoms with Gasteiger partial charge < -0.3 is 0 Å². The fourth-order valence-corrected chi connectivity index (χ4v) is 0. The Kier molecular flexibility index (Phi) is 18.9. The summed E-state index contributed by atoms with van der Waals surface area (Å²) in [6, 6.07) is 0. The van der Waals surface area contributed by atoms with Gasteiger partial charge in [0.2, 0.25) is 0 Å². The van der Waals surface area contributed by atoms with Gasteiger partial charge in [0.1, 0.15) is 0 Å². The Morgan fingerprint density at radius 2 is 1.00 bits per heavy atom. The first-order valence-corrected chi connectivity index (χ1v) is 4.20. The van der Waals surface area contributed by atoms with E-state index in [1.54, 1.807) is 0 Å². The first-order valence-electron chi connectivity index (χ1n) is 4.20. The minimum Gasteiger partial charge on any atom is -0.103 e. The lowest BCUT2D eigenvalue weighted by Gasteiger charge is -2.08. The molecule has 0 aliphatic rings. The SMILES string of the molecule is C=CC(C)(C)C.CC.CC. The standard InChI is InChI=1S/C6H12.2C2H6/c1-5-6(2,3)4;2*1-2/h5H,1H2,2-4H3;2*1-2H3. The molecule has 0 bridgehead atoms. The molecule has 0 spiro atoms. The Morgan fingerprint density at radius 3 is 1.00 bits per heavy atom. The molecule has 0 aromatic rings. The summed E-state index contributed by atoms with van der Waals surface area (Å²) >= 11 is 0. The summed E-state index contributed by atoms with van der Waals surface area (Å²) < 4.78 is 0. The number of rotatable bonds is 0. The molecule has 0 nitrogen and oxygen atoms in total. The summed E-state index contributed by atoms with van der Waals surface area (Å²) in [6.45, 7) is 18.0. The van der Waals surface area contributed by atoms with E-state index in [-0.39, 0.29) is 0 Å². The monoisotopic (exact) mass is 144 g/mol. The maximum Gasteiger partial charge on any atom is -0.0206 e. The molecular formula is C10H24. The molecule has 0 rings (SSSR count). The summed E-state index contributed by atoms with van der Waals surface area (Å²) in [7, 11) is 0. The van der Waals surface area contributed by atoms with Gasteiger partial charge in [-0.3, -0.25) is 0 Å². The molecule has 10 heavy (non-hydrogen) atoms. The topological polar surface area (TPSA) is 0 Å². The molecule has 64 valence electrons. The van der Waals surface area contributed by atoms with E-state index in [1.807, 2.05) is 33.8 Å². The lowest BCUT2D eigenvalue weighted by molar-refractivity contribution is 0.546. The van der Waals surface area contributed by atoms with E-state index in [2.05, 4.69) is 27.4 Å². The Balaban J connectivity index is -0.000000105. The highest BCUT2D eigenvalue weighted by Gasteiger charge is 1.99. The molecule has 0 amide bonds. The summed E-state index contributed by atoms with van der Waals surface area (Å²) in [4.78, 5) is 0. The van der Waals surface area contributed by atoms with Gasteiger partial charge in [-0.1, -0.05) is 54.5 Å². The average Bonchev–Trinajstić information content (AvgIpc) is 1.95. The van der Waals surface area contributed by atoms with Crippen LogP contribution in [0.3, 0.4) is 0 Å². The van der Waals surface area contributed by atoms with Gasteiger partial charge in [0.05, 0.1) is 0 Å². The van der Waals surface area contributed by atoms with Crippen LogP contribution in [0.1, 0.15) is 48.5 Å². The van der Waals surface area contributed by atoms with E-state index in [0.29, 0.717) is 5.41 Å². The van der Waals surface area contributed by atoms with Gasteiger partial charge >= 0.3 is 0 Å². The van der Waals surface area contributed by atoms with Crippen LogP contribution in [0.2, 0.25) is 0 Å². The maximum absolute atomic E-state index is 3.63. The zero-order valence-corrected chi connectivity index (χ0v) is 8.78. The van der Waals surface area contributed by atoms with E-state index in [4.69, 9.17) is 0 Å². The van der Waals surface area contributed by atoms with Crippen molar-refractivity contribution in [1.29, 1.82) is 0 Å². The highest BCUT2D eigenvalue weighted by molar-refractivity contribution is 4.82. The van der Waals surface area contributed by atoms with Gasteiger partial charge in [-0.2, -0.15) is 0 Å². The van der Waals surface area contributed by atoms with E-state index >= 15 is 0 Å². The molecule has 0 aliphatic carbocycles. The van der Waals surface area contributed by atoms with Gasteiger partial charge in [0.15, 0.2) is 0 Å². The minimum absolute atomic E-state index is 0.306. The number of hydrogen-bond acceptors (Lipinski definition) is 0. The highest BCUT2D eigenvalue weighted by Crippen LogP contribution is 2.11. The lowest BCUT2D eigenvalue weighted by atomic mass is 9.98. The number of allylic oxidation sites excluding steroid dienone is 1. The van der Waals surface area contributed by atoms with Crippen LogP contribution in [0.15, 0.2) is 12.7 Å². The zero-order chi connectivity index (χ0) is 9.21. The quantitative estimate of drug-likeness (QED) is 0.445. The smallest absolute Gasteiger partial charge is 0.0206 e. The summed E-state index contributed by atoms with van der Waals surface area (Å²) in [5, 5.41) is 0. The van der Waals surface area contributed by atoms with Crippen molar-refractivity contribution in [3.63, 3.8) is 0 Å². The van der Waals surface area contributed by atoms with Crippen LogP contribution < -0.4 is 0 Å². The normalized spacial score (nSPS) is 7.90. The molecule has 0 saturated carbocycles. The molecule has 0 aliphatic heterocycles. The van der Waals surface area contributed by atoms with Crippen molar-refractivity contribution in [2.45, 2.75) is 48.5 Å². The average molecular weight is 144 g/mol. The van der Waals surface area contributed by atoms with Crippen LogP contribution >= 0.6 is 0 Å². The van der Waals surface area contributed by atoms with Crippen molar-refractivity contribution in [2.24, 2.45) is 5.41 Å². The van der Waals surface area contributed by atoms with Gasteiger partial charge in [-0.15, -0.1) is 6.58 Å². The van der Waals surface area contributed by atoms with E-state index < -0.39 is 0 Å². The van der Waals surface area contributed by atoms with E-state index in [0.717, 1.165) is 0 Å². The second-order valence-corrected chi connectivity index (χ2v) is 2.57. The second-order valence-electron chi connectivity index (χ2n) is 2.57. The van der Waals surface area contributed by atoms with Crippen LogP contribution in [-0.2, 0) is 0 Å². The molecule has 0 saturated heterocycles. The van der Waals surface area contributed by atoms with Gasteiger partial charge in [-0.25, -0.2) is 0 Å². The Hall–Kier alpha value is -0.260. The van der Waals surface area contributed by atoms with Crippen LogP contribution in [-0.4, -0.2) is 0 Å². The van der Waals surface area contributed by atoms with Crippen LogP contribution in [0.4, 0.5) is 0 Å². The predicted molar refractivity (Wildman–Crippen MR) is 52.3 cm³/mol. The van der Waals surface area contributed by atoms with Crippen molar-refractivity contribution in [3.05, 3.63) is 12.7 Å². The fourth-order valence-electron chi connectivity index (χ4n) is 0. The van der Waals surface area contributed by atoms with Gasteiger partial charge in [0, 0.05) is 0 Å². The Bertz CT molecular complexity index is 45.5. The van der Waals surface area contributed by atoms with Crippen molar-refractivity contribution < 1.29 is 0 Å². The lowest BCUT2D eigenvalue weighted by Crippen LogP contribution is -1.96. The Labute approximate surface area is 67.3 Å². The maximum atomic E-state index is 3.63. The molecule has 0 atom stereocenters. The summed E-state index contributed by atoms with van der Waals surface area (Å²) in [5.74, 6) is 0. The summed E-state index contributed by atoms with van der Waals surface area (Å²) in [5.41, 5.74) is 0.306. The third-order valence-corrected chi connectivity index (χ3v) is 0.612. The molecule has 0 fully saturated rings. The van der Waals surface area contributed by atoms with Crippen molar-refractivity contribution >= 4 is 0 Å². The van der Waals surface area contributed by atoms with Crippen LogP contribution in [0.5, 0.6) is 0 Å².